The van der Waals surface area contributed by atoms with Crippen LogP contribution in [0.5, 0.6) is 5.75 Å². The summed E-state index contributed by atoms with van der Waals surface area (Å²) in [5.41, 5.74) is 1.77. The SMILES string of the molecule is CCCC(CCC)S(=O)(=O)C[C@@H](NC(=O)CCC(=O)O)C(=O)N[C@@H](Cc1ccccc1)[C@H](O)CNCc1cccc(OC)c1. The van der Waals surface area contributed by atoms with Crippen molar-refractivity contribution in [2.24, 2.45) is 0 Å². The van der Waals surface area contributed by atoms with Crippen molar-refractivity contribution < 1.29 is 37.8 Å². The van der Waals surface area contributed by atoms with E-state index in [4.69, 9.17) is 9.84 Å². The van der Waals surface area contributed by atoms with E-state index in [2.05, 4.69) is 16.0 Å². The number of carbonyl (C=O) groups is 3. The van der Waals surface area contributed by atoms with Crippen LogP contribution in [-0.2, 0) is 37.2 Å². The molecule has 0 aromatic heterocycles. The number of carboxylic acid groups (broad SMARTS) is 1. The van der Waals surface area contributed by atoms with Crippen molar-refractivity contribution in [2.75, 3.05) is 19.4 Å². The number of methoxy groups -OCH3 is 1. The van der Waals surface area contributed by atoms with E-state index in [1.165, 1.54) is 0 Å². The van der Waals surface area contributed by atoms with Gasteiger partial charge < -0.3 is 30.9 Å². The maximum absolute atomic E-state index is 13.7. The van der Waals surface area contributed by atoms with Gasteiger partial charge in [0.2, 0.25) is 11.8 Å². The number of benzene rings is 2. The number of nitrogens with one attached hydrogen (secondary N) is 3. The van der Waals surface area contributed by atoms with Crippen LogP contribution in [0.3, 0.4) is 0 Å². The second-order valence-electron chi connectivity index (χ2n) is 10.9. The molecule has 12 heteroatoms. The summed E-state index contributed by atoms with van der Waals surface area (Å²) < 4.78 is 32.1. The third-order valence-electron chi connectivity index (χ3n) is 7.25. The van der Waals surface area contributed by atoms with Gasteiger partial charge in [-0.15, -0.1) is 0 Å². The number of sulfone groups is 1. The fourth-order valence-electron chi connectivity index (χ4n) is 4.91. The number of ether oxygens (including phenoxy) is 1. The fourth-order valence-corrected chi connectivity index (χ4v) is 7.07. The minimum Gasteiger partial charge on any atom is -0.497 e. The normalized spacial score (nSPS) is 13.6. The highest BCUT2D eigenvalue weighted by atomic mass is 32.2. The molecule has 0 aliphatic carbocycles. The summed E-state index contributed by atoms with van der Waals surface area (Å²) in [6, 6.07) is 14.4. The highest BCUT2D eigenvalue weighted by Crippen LogP contribution is 2.18. The predicted molar refractivity (Wildman–Crippen MR) is 169 cm³/mol. The average molecular weight is 634 g/mol. The molecule has 0 aliphatic rings. The molecule has 2 aromatic rings. The van der Waals surface area contributed by atoms with Gasteiger partial charge in [-0.3, -0.25) is 14.4 Å². The molecule has 0 saturated heterocycles. The molecule has 11 nitrogen and oxygen atoms in total. The summed E-state index contributed by atoms with van der Waals surface area (Å²) in [5.74, 6) is -2.63. The Labute approximate surface area is 260 Å². The summed E-state index contributed by atoms with van der Waals surface area (Å²) in [5, 5.41) is 27.9. The molecule has 5 N–H and O–H groups in total. The van der Waals surface area contributed by atoms with Crippen molar-refractivity contribution in [3.05, 3.63) is 65.7 Å². The number of aliphatic carboxylic acids is 1. The molecule has 0 unspecified atom stereocenters. The quantitative estimate of drug-likeness (QED) is 0.139. The molecule has 0 saturated carbocycles. The van der Waals surface area contributed by atoms with E-state index < -0.39 is 69.7 Å². The van der Waals surface area contributed by atoms with E-state index in [0.717, 1.165) is 11.1 Å². The molecule has 244 valence electrons. The zero-order valence-corrected chi connectivity index (χ0v) is 26.6. The second kappa shape index (κ2) is 19.0. The number of carbonyl (C=O) groups excluding carboxylic acids is 2. The summed E-state index contributed by atoms with van der Waals surface area (Å²) in [6.07, 6.45) is 0.427. The van der Waals surface area contributed by atoms with Crippen LogP contribution in [0.4, 0.5) is 0 Å². The molecule has 0 fully saturated rings. The van der Waals surface area contributed by atoms with Gasteiger partial charge in [0.05, 0.1) is 36.7 Å². The molecule has 0 aliphatic heterocycles. The molecule has 0 radical (unpaired) electrons. The van der Waals surface area contributed by atoms with Crippen LogP contribution in [0.1, 0.15) is 63.5 Å². The van der Waals surface area contributed by atoms with Gasteiger partial charge >= 0.3 is 5.97 Å². The Morgan fingerprint density at radius 1 is 0.909 bits per heavy atom. The molecule has 0 spiro atoms. The third-order valence-corrected chi connectivity index (χ3v) is 9.54. The molecule has 0 bridgehead atoms. The number of hydrogen-bond acceptors (Lipinski definition) is 8. The number of rotatable bonds is 21. The topological polar surface area (TPSA) is 171 Å². The lowest BCUT2D eigenvalue weighted by molar-refractivity contribution is -0.139. The van der Waals surface area contributed by atoms with Gasteiger partial charge in [-0.2, -0.15) is 0 Å². The van der Waals surface area contributed by atoms with Crippen LogP contribution in [0.2, 0.25) is 0 Å². The van der Waals surface area contributed by atoms with E-state index in [0.29, 0.717) is 38.0 Å². The predicted octanol–water partition coefficient (Wildman–Crippen LogP) is 2.61. The van der Waals surface area contributed by atoms with E-state index >= 15 is 0 Å². The first kappa shape index (κ1) is 36.7. The Hall–Kier alpha value is -3.48. The Bertz CT molecular complexity index is 1280. The second-order valence-corrected chi connectivity index (χ2v) is 13.2. The van der Waals surface area contributed by atoms with Crippen LogP contribution in [0.25, 0.3) is 0 Å². The van der Waals surface area contributed by atoms with E-state index in [1.807, 2.05) is 68.4 Å². The Morgan fingerprint density at radius 2 is 1.57 bits per heavy atom. The number of carboxylic acids is 1. The molecule has 3 atom stereocenters. The van der Waals surface area contributed by atoms with Crippen molar-refractivity contribution in [1.82, 2.24) is 16.0 Å². The summed E-state index contributed by atoms with van der Waals surface area (Å²) in [7, 11) is -2.23. The van der Waals surface area contributed by atoms with Gasteiger partial charge in [-0.1, -0.05) is 69.2 Å². The number of hydrogen-bond donors (Lipinski definition) is 5. The molecule has 44 heavy (non-hydrogen) atoms. The van der Waals surface area contributed by atoms with E-state index in [1.54, 1.807) is 7.11 Å². The van der Waals surface area contributed by atoms with Gasteiger partial charge in [0.1, 0.15) is 11.8 Å². The smallest absolute Gasteiger partial charge is 0.303 e. The van der Waals surface area contributed by atoms with Gasteiger partial charge in [0.15, 0.2) is 9.84 Å². The maximum atomic E-state index is 13.7. The fraction of sp³-hybridized carbons (Fsp3) is 0.531. The summed E-state index contributed by atoms with van der Waals surface area (Å²) in [6.45, 7) is 4.30. The molecule has 0 heterocycles. The first-order valence-electron chi connectivity index (χ1n) is 15.1. The Morgan fingerprint density at radius 3 is 2.18 bits per heavy atom. The molecule has 2 amide bonds. The Balaban J connectivity index is 2.26. The minimum absolute atomic E-state index is 0.109. The highest BCUT2D eigenvalue weighted by Gasteiger charge is 2.34. The lowest BCUT2D eigenvalue weighted by Crippen LogP contribution is -2.57. The molecular formula is C32H47N3O8S. The summed E-state index contributed by atoms with van der Waals surface area (Å²) in [4.78, 5) is 37.2. The van der Waals surface area contributed by atoms with Crippen LogP contribution < -0.4 is 20.7 Å². The van der Waals surface area contributed by atoms with Crippen molar-refractivity contribution in [3.63, 3.8) is 0 Å². The lowest BCUT2D eigenvalue weighted by atomic mass is 10.0. The monoisotopic (exact) mass is 633 g/mol. The number of aliphatic hydroxyl groups is 1. The number of amides is 2. The van der Waals surface area contributed by atoms with Crippen molar-refractivity contribution in [1.29, 1.82) is 0 Å². The van der Waals surface area contributed by atoms with Crippen LogP contribution >= 0.6 is 0 Å². The Kier molecular flexibility index (Phi) is 15.9. The van der Waals surface area contributed by atoms with Gasteiger partial charge in [0.25, 0.3) is 0 Å². The van der Waals surface area contributed by atoms with Crippen LogP contribution in [-0.4, -0.2) is 79.3 Å². The summed E-state index contributed by atoms with van der Waals surface area (Å²) >= 11 is 0. The van der Waals surface area contributed by atoms with Crippen LogP contribution in [0.15, 0.2) is 54.6 Å². The molecular weight excluding hydrogens is 586 g/mol. The third kappa shape index (κ3) is 13.0. The average Bonchev–Trinajstić information content (AvgIpc) is 2.99. The van der Waals surface area contributed by atoms with Gasteiger partial charge in [-0.25, -0.2) is 8.42 Å². The number of aliphatic hydroxyl groups excluding tert-OH is 1. The standard InChI is InChI=1S/C32H47N3O8S/c1-4-10-26(11-5-2)44(41,42)22-28(34-30(37)16-17-31(38)39)32(40)35-27(19-23-12-7-6-8-13-23)29(36)21-33-20-24-14-9-15-25(18-24)43-3/h6-9,12-15,18,26-29,33,36H,4-5,10-11,16-17,19-22H2,1-3H3,(H,34,37)(H,35,40)(H,38,39)/t27-,28+,29+/m0/s1. The van der Waals surface area contributed by atoms with E-state index in [-0.39, 0.29) is 13.0 Å². The van der Waals surface area contributed by atoms with Crippen molar-refractivity contribution >= 4 is 27.6 Å². The van der Waals surface area contributed by atoms with Gasteiger partial charge in [0, 0.05) is 19.5 Å². The van der Waals surface area contributed by atoms with Crippen molar-refractivity contribution in [2.45, 2.75) is 88.8 Å². The molecule has 2 aromatic carbocycles. The highest BCUT2D eigenvalue weighted by molar-refractivity contribution is 7.92. The maximum Gasteiger partial charge on any atom is 0.303 e. The zero-order chi connectivity index (χ0) is 32.5. The lowest BCUT2D eigenvalue weighted by Gasteiger charge is -2.28. The first-order valence-corrected chi connectivity index (χ1v) is 16.8. The van der Waals surface area contributed by atoms with Crippen LogP contribution in [0, 0.1) is 0 Å². The molecule has 2 rings (SSSR count). The first-order chi connectivity index (χ1) is 21.0. The van der Waals surface area contributed by atoms with E-state index in [9.17, 15) is 27.9 Å². The minimum atomic E-state index is -3.81. The van der Waals surface area contributed by atoms with Crippen molar-refractivity contribution in [3.8, 4) is 5.75 Å². The van der Waals surface area contributed by atoms with Gasteiger partial charge in [-0.05, 0) is 42.5 Å². The largest absolute Gasteiger partial charge is 0.497 e. The zero-order valence-electron chi connectivity index (χ0n) is 25.8.